The summed E-state index contributed by atoms with van der Waals surface area (Å²) in [5, 5.41) is 4.21. The van der Waals surface area contributed by atoms with Gasteiger partial charge in [-0.2, -0.15) is 5.10 Å². The molecule has 0 bridgehead atoms. The number of likely N-dealkylation sites (tertiary alicyclic amines) is 1. The van der Waals surface area contributed by atoms with Crippen LogP contribution in [0.2, 0.25) is 0 Å². The lowest BCUT2D eigenvalue weighted by molar-refractivity contribution is 0.0677. The number of piperidine rings is 1. The van der Waals surface area contributed by atoms with Crippen molar-refractivity contribution in [1.29, 1.82) is 0 Å². The number of aromatic nitrogens is 2. The van der Waals surface area contributed by atoms with Crippen LogP contribution in [0.25, 0.3) is 0 Å². The molecule has 6 heteroatoms. The van der Waals surface area contributed by atoms with E-state index in [0.29, 0.717) is 18.0 Å². The minimum Gasteiger partial charge on any atom is -0.338 e. The van der Waals surface area contributed by atoms with Crippen molar-refractivity contribution in [2.24, 2.45) is 18.7 Å². The molecule has 2 rings (SSSR count). The summed E-state index contributed by atoms with van der Waals surface area (Å²) in [6.07, 6.45) is 3.98. The van der Waals surface area contributed by atoms with Crippen molar-refractivity contribution < 1.29 is 4.79 Å². The number of hydrogen-bond donors (Lipinski definition) is 1. The molecule has 1 atom stereocenters. The van der Waals surface area contributed by atoms with Crippen LogP contribution < -0.4 is 5.73 Å². The molecule has 5 nitrogen and oxygen atoms in total. The van der Waals surface area contributed by atoms with Gasteiger partial charge in [-0.1, -0.05) is 0 Å². The Bertz CT molecular complexity index is 418. The monoisotopic (exact) mass is 272 g/mol. The SMILES string of the molecule is Cc1nn(C)cc1C(=O)N1CCCC(CN)C1.Cl. The summed E-state index contributed by atoms with van der Waals surface area (Å²) in [7, 11) is 1.84. The van der Waals surface area contributed by atoms with Crippen LogP contribution in [0, 0.1) is 12.8 Å². The highest BCUT2D eigenvalue weighted by Gasteiger charge is 2.25. The number of amides is 1. The van der Waals surface area contributed by atoms with E-state index in [2.05, 4.69) is 5.10 Å². The number of aryl methyl sites for hydroxylation is 2. The third-order valence-corrected chi connectivity index (χ3v) is 3.38. The maximum absolute atomic E-state index is 12.3. The smallest absolute Gasteiger partial charge is 0.257 e. The first kappa shape index (κ1) is 15.0. The van der Waals surface area contributed by atoms with Gasteiger partial charge in [-0.15, -0.1) is 12.4 Å². The molecular formula is C12H21ClN4O. The predicted octanol–water partition coefficient (Wildman–Crippen LogP) is 0.961. The van der Waals surface area contributed by atoms with E-state index in [1.165, 1.54) is 0 Å². The Hall–Kier alpha value is -1.07. The zero-order chi connectivity index (χ0) is 12.4. The Morgan fingerprint density at radius 2 is 2.33 bits per heavy atom. The van der Waals surface area contributed by atoms with E-state index in [4.69, 9.17) is 5.73 Å². The number of halogens is 1. The minimum absolute atomic E-state index is 0. The fourth-order valence-electron chi connectivity index (χ4n) is 2.42. The molecule has 0 aromatic carbocycles. The zero-order valence-electron chi connectivity index (χ0n) is 10.9. The maximum atomic E-state index is 12.3. The molecule has 0 radical (unpaired) electrons. The molecular weight excluding hydrogens is 252 g/mol. The summed E-state index contributed by atoms with van der Waals surface area (Å²) in [4.78, 5) is 14.2. The van der Waals surface area contributed by atoms with Gasteiger partial charge in [0.25, 0.3) is 5.91 Å². The van der Waals surface area contributed by atoms with E-state index < -0.39 is 0 Å². The Balaban J connectivity index is 0.00000162. The van der Waals surface area contributed by atoms with Crippen molar-refractivity contribution in [3.8, 4) is 0 Å². The molecule has 2 N–H and O–H groups in total. The highest BCUT2D eigenvalue weighted by atomic mass is 35.5. The lowest BCUT2D eigenvalue weighted by Gasteiger charge is -2.32. The van der Waals surface area contributed by atoms with Gasteiger partial charge in [0.1, 0.15) is 0 Å². The van der Waals surface area contributed by atoms with E-state index >= 15 is 0 Å². The summed E-state index contributed by atoms with van der Waals surface area (Å²) in [5.41, 5.74) is 7.20. The fourth-order valence-corrected chi connectivity index (χ4v) is 2.42. The van der Waals surface area contributed by atoms with Gasteiger partial charge in [-0.3, -0.25) is 9.48 Å². The third-order valence-electron chi connectivity index (χ3n) is 3.38. The molecule has 0 aliphatic carbocycles. The Morgan fingerprint density at radius 1 is 1.61 bits per heavy atom. The third kappa shape index (κ3) is 3.03. The Kier molecular flexibility index (Phi) is 5.16. The largest absolute Gasteiger partial charge is 0.338 e. The number of carbonyl (C=O) groups is 1. The van der Waals surface area contributed by atoms with Gasteiger partial charge < -0.3 is 10.6 Å². The zero-order valence-corrected chi connectivity index (χ0v) is 11.7. The number of carbonyl (C=O) groups excluding carboxylic acids is 1. The molecule has 1 aliphatic rings. The lowest BCUT2D eigenvalue weighted by atomic mass is 9.98. The van der Waals surface area contributed by atoms with Crippen LogP contribution in [0.3, 0.4) is 0 Å². The molecule has 1 aliphatic heterocycles. The van der Waals surface area contributed by atoms with Crippen LogP contribution in [-0.4, -0.2) is 40.2 Å². The molecule has 1 unspecified atom stereocenters. The molecule has 1 amide bonds. The maximum Gasteiger partial charge on any atom is 0.257 e. The summed E-state index contributed by atoms with van der Waals surface area (Å²) in [5.74, 6) is 0.540. The van der Waals surface area contributed by atoms with Crippen molar-refractivity contribution >= 4 is 18.3 Å². The van der Waals surface area contributed by atoms with E-state index in [1.807, 2.05) is 18.9 Å². The predicted molar refractivity (Wildman–Crippen MR) is 72.9 cm³/mol. The average molecular weight is 273 g/mol. The molecule has 1 aromatic rings. The molecule has 0 spiro atoms. The van der Waals surface area contributed by atoms with Gasteiger partial charge in [0.2, 0.25) is 0 Å². The normalized spacial score (nSPS) is 19.5. The molecule has 2 heterocycles. The van der Waals surface area contributed by atoms with Crippen LogP contribution in [0.15, 0.2) is 6.20 Å². The van der Waals surface area contributed by atoms with Crippen LogP contribution >= 0.6 is 12.4 Å². The summed E-state index contributed by atoms with van der Waals surface area (Å²) >= 11 is 0. The Labute approximate surface area is 114 Å². The van der Waals surface area contributed by atoms with Crippen molar-refractivity contribution in [3.63, 3.8) is 0 Å². The second-order valence-electron chi connectivity index (χ2n) is 4.80. The highest BCUT2D eigenvalue weighted by Crippen LogP contribution is 2.18. The van der Waals surface area contributed by atoms with E-state index in [0.717, 1.165) is 31.6 Å². The van der Waals surface area contributed by atoms with E-state index in [9.17, 15) is 4.79 Å². The van der Waals surface area contributed by atoms with E-state index in [1.54, 1.807) is 10.9 Å². The van der Waals surface area contributed by atoms with Crippen molar-refractivity contribution in [2.75, 3.05) is 19.6 Å². The van der Waals surface area contributed by atoms with Crippen LogP contribution in [0.4, 0.5) is 0 Å². The first-order chi connectivity index (χ1) is 8.11. The number of nitrogens with zero attached hydrogens (tertiary/aromatic N) is 3. The topological polar surface area (TPSA) is 64.2 Å². The van der Waals surface area contributed by atoms with Gasteiger partial charge in [0.05, 0.1) is 11.3 Å². The quantitative estimate of drug-likeness (QED) is 0.872. The first-order valence-electron chi connectivity index (χ1n) is 6.11. The van der Waals surface area contributed by atoms with Gasteiger partial charge in [-0.05, 0) is 32.2 Å². The first-order valence-corrected chi connectivity index (χ1v) is 6.11. The lowest BCUT2D eigenvalue weighted by Crippen LogP contribution is -2.42. The average Bonchev–Trinajstić information content (AvgIpc) is 2.67. The molecule has 0 saturated carbocycles. The molecule has 102 valence electrons. The van der Waals surface area contributed by atoms with Crippen molar-refractivity contribution in [2.45, 2.75) is 19.8 Å². The molecule has 1 fully saturated rings. The van der Waals surface area contributed by atoms with Gasteiger partial charge >= 0.3 is 0 Å². The summed E-state index contributed by atoms with van der Waals surface area (Å²) < 4.78 is 1.69. The van der Waals surface area contributed by atoms with Crippen molar-refractivity contribution in [1.82, 2.24) is 14.7 Å². The molecule has 1 aromatic heterocycles. The van der Waals surface area contributed by atoms with Crippen LogP contribution in [0.1, 0.15) is 28.9 Å². The summed E-state index contributed by atoms with van der Waals surface area (Å²) in [6, 6.07) is 0. The molecule has 1 saturated heterocycles. The molecule has 18 heavy (non-hydrogen) atoms. The number of rotatable bonds is 2. The minimum atomic E-state index is 0. The van der Waals surface area contributed by atoms with Crippen molar-refractivity contribution in [3.05, 3.63) is 17.5 Å². The van der Waals surface area contributed by atoms with Gasteiger partial charge in [-0.25, -0.2) is 0 Å². The van der Waals surface area contributed by atoms with E-state index in [-0.39, 0.29) is 18.3 Å². The van der Waals surface area contributed by atoms with Crippen LogP contribution in [0.5, 0.6) is 0 Å². The Morgan fingerprint density at radius 3 is 2.89 bits per heavy atom. The number of hydrogen-bond acceptors (Lipinski definition) is 3. The van der Waals surface area contributed by atoms with Gasteiger partial charge in [0, 0.05) is 26.3 Å². The number of nitrogens with two attached hydrogens (primary N) is 1. The summed E-state index contributed by atoms with van der Waals surface area (Å²) in [6.45, 7) is 4.15. The highest BCUT2D eigenvalue weighted by molar-refractivity contribution is 5.95. The van der Waals surface area contributed by atoms with Crippen LogP contribution in [-0.2, 0) is 7.05 Å². The fraction of sp³-hybridized carbons (Fsp3) is 0.667. The second kappa shape index (κ2) is 6.20. The second-order valence-corrected chi connectivity index (χ2v) is 4.80. The van der Waals surface area contributed by atoms with Gasteiger partial charge in [0.15, 0.2) is 0 Å². The standard InChI is InChI=1S/C12H20N4O.ClH/c1-9-11(8-15(2)14-9)12(17)16-5-3-4-10(6-13)7-16;/h8,10H,3-7,13H2,1-2H3;1H.